The van der Waals surface area contributed by atoms with Crippen LogP contribution < -0.4 is 4.90 Å². The Morgan fingerprint density at radius 2 is 2.00 bits per heavy atom. The number of thioether (sulfide) groups is 1. The lowest BCUT2D eigenvalue weighted by Crippen LogP contribution is -2.45. The van der Waals surface area contributed by atoms with Gasteiger partial charge >= 0.3 is 0 Å². The molecule has 1 aliphatic heterocycles. The molecule has 1 fully saturated rings. The van der Waals surface area contributed by atoms with Crippen molar-refractivity contribution >= 4 is 28.4 Å². The van der Waals surface area contributed by atoms with Crippen LogP contribution in [-0.2, 0) is 0 Å². The molecule has 3 heteroatoms. The number of benzene rings is 2. The lowest BCUT2D eigenvalue weighted by atomic mass is 10.00. The van der Waals surface area contributed by atoms with E-state index in [1.54, 1.807) is 11.8 Å². The second-order valence-electron chi connectivity index (χ2n) is 5.98. The molecule has 1 saturated heterocycles. The van der Waals surface area contributed by atoms with E-state index in [4.69, 9.17) is 0 Å². The molecule has 22 heavy (non-hydrogen) atoms. The molecule has 2 aromatic carbocycles. The molecule has 2 nitrogen and oxygen atoms in total. The Labute approximate surface area is 135 Å². The van der Waals surface area contributed by atoms with Crippen LogP contribution in [0.15, 0.2) is 53.4 Å². The topological polar surface area (TPSA) is 19.0 Å². The molecule has 1 aromatic heterocycles. The predicted molar refractivity (Wildman–Crippen MR) is 96.9 cm³/mol. The number of hydrogen-bond donors (Lipinski definition) is 1. The zero-order chi connectivity index (χ0) is 15.1. The first-order chi connectivity index (χ1) is 10.8. The van der Waals surface area contributed by atoms with Crippen molar-refractivity contribution in [1.82, 2.24) is 4.98 Å². The van der Waals surface area contributed by atoms with E-state index in [0.717, 1.165) is 6.54 Å². The Bertz CT molecular complexity index is 788. The number of hydrogen-bond acceptors (Lipinski definition) is 2. The summed E-state index contributed by atoms with van der Waals surface area (Å²) in [6, 6.07) is 18.2. The first-order valence-electron chi connectivity index (χ1n) is 7.79. The number of H-pyrrole nitrogens is 1. The van der Waals surface area contributed by atoms with Crippen LogP contribution in [0.1, 0.15) is 13.3 Å². The molecule has 0 radical (unpaired) electrons. The Kier molecular flexibility index (Phi) is 3.38. The van der Waals surface area contributed by atoms with Crippen molar-refractivity contribution in [2.24, 2.45) is 0 Å². The molecule has 112 valence electrons. The van der Waals surface area contributed by atoms with Crippen LogP contribution in [0.4, 0.5) is 5.69 Å². The predicted octanol–water partition coefficient (Wildman–Crippen LogP) is 5.16. The van der Waals surface area contributed by atoms with E-state index in [0.29, 0.717) is 6.04 Å². The molecule has 2 heterocycles. The highest BCUT2D eigenvalue weighted by molar-refractivity contribution is 7.98. The molecule has 0 amide bonds. The molecule has 0 bridgehead atoms. The fraction of sp³-hybridized carbons (Fsp3) is 0.263. The van der Waals surface area contributed by atoms with E-state index in [1.165, 1.54) is 39.2 Å². The van der Waals surface area contributed by atoms with Gasteiger partial charge in [-0.05, 0) is 49.9 Å². The van der Waals surface area contributed by atoms with Gasteiger partial charge in [0.05, 0.1) is 0 Å². The number of aromatic nitrogens is 1. The summed E-state index contributed by atoms with van der Waals surface area (Å²) in [6.07, 6.45) is 3.42. The highest BCUT2D eigenvalue weighted by Gasteiger charge is 2.26. The van der Waals surface area contributed by atoms with E-state index < -0.39 is 0 Å². The zero-order valence-corrected chi connectivity index (χ0v) is 13.8. The van der Waals surface area contributed by atoms with Gasteiger partial charge in [0, 0.05) is 45.3 Å². The van der Waals surface area contributed by atoms with Gasteiger partial charge in [0.15, 0.2) is 0 Å². The fourth-order valence-corrected chi connectivity index (χ4v) is 3.64. The highest BCUT2D eigenvalue weighted by Crippen LogP contribution is 2.38. The van der Waals surface area contributed by atoms with Crippen LogP contribution in [0, 0.1) is 0 Å². The smallest absolute Gasteiger partial charge is 0.0486 e. The van der Waals surface area contributed by atoms with Crippen LogP contribution in [0.25, 0.3) is 22.2 Å². The maximum atomic E-state index is 3.59. The molecular weight excluding hydrogens is 288 g/mol. The van der Waals surface area contributed by atoms with E-state index in [9.17, 15) is 0 Å². The quantitative estimate of drug-likeness (QED) is 0.674. The van der Waals surface area contributed by atoms with Crippen LogP contribution in [0.2, 0.25) is 0 Å². The monoisotopic (exact) mass is 308 g/mol. The third kappa shape index (κ3) is 2.20. The van der Waals surface area contributed by atoms with Gasteiger partial charge in [-0.25, -0.2) is 0 Å². The lowest BCUT2D eigenvalue weighted by molar-refractivity contribution is 0.482. The molecule has 0 aliphatic carbocycles. The number of nitrogens with zero attached hydrogens (tertiary/aromatic N) is 1. The van der Waals surface area contributed by atoms with Gasteiger partial charge in [0.25, 0.3) is 0 Å². The molecule has 1 N–H and O–H groups in total. The average Bonchev–Trinajstić information content (AvgIpc) is 2.97. The molecule has 0 spiro atoms. The Hall–Kier alpha value is -1.87. The number of aromatic amines is 1. The van der Waals surface area contributed by atoms with Crippen molar-refractivity contribution in [3.05, 3.63) is 48.5 Å². The molecule has 0 saturated carbocycles. The molecule has 4 rings (SSSR count). The summed E-state index contributed by atoms with van der Waals surface area (Å²) in [4.78, 5) is 7.40. The largest absolute Gasteiger partial charge is 0.368 e. The standard InChI is InChI=1S/C19H20N2S/c1-13-9-10-21(13)19-8-7-15(22-2)12-16(19)18-11-14-5-3-4-6-17(14)20-18/h3-8,11-13,20H,9-10H2,1-2H3. The maximum Gasteiger partial charge on any atom is 0.0486 e. The van der Waals surface area contributed by atoms with Gasteiger partial charge in [-0.15, -0.1) is 11.8 Å². The minimum Gasteiger partial charge on any atom is -0.368 e. The van der Waals surface area contributed by atoms with Gasteiger partial charge < -0.3 is 9.88 Å². The van der Waals surface area contributed by atoms with E-state index >= 15 is 0 Å². The van der Waals surface area contributed by atoms with Crippen molar-refractivity contribution in [3.8, 4) is 11.3 Å². The average molecular weight is 308 g/mol. The third-order valence-electron chi connectivity index (χ3n) is 4.65. The molecule has 1 unspecified atom stereocenters. The summed E-state index contributed by atoms with van der Waals surface area (Å²) >= 11 is 1.80. The van der Waals surface area contributed by atoms with Crippen molar-refractivity contribution in [2.45, 2.75) is 24.3 Å². The van der Waals surface area contributed by atoms with Crippen LogP contribution in [0.5, 0.6) is 0 Å². The van der Waals surface area contributed by atoms with Gasteiger partial charge in [0.1, 0.15) is 0 Å². The fourth-order valence-electron chi connectivity index (χ4n) is 3.20. The summed E-state index contributed by atoms with van der Waals surface area (Å²) < 4.78 is 0. The summed E-state index contributed by atoms with van der Waals surface area (Å²) in [5, 5.41) is 1.27. The number of para-hydroxylation sites is 1. The number of nitrogens with one attached hydrogen (secondary N) is 1. The van der Waals surface area contributed by atoms with Crippen LogP contribution in [0.3, 0.4) is 0 Å². The number of fused-ring (bicyclic) bond motifs is 1. The second kappa shape index (κ2) is 5.40. The van der Waals surface area contributed by atoms with Gasteiger partial charge in [0.2, 0.25) is 0 Å². The van der Waals surface area contributed by atoms with Crippen molar-refractivity contribution < 1.29 is 0 Å². The number of anilines is 1. The minimum absolute atomic E-state index is 0.642. The molecule has 1 atom stereocenters. The molecule has 3 aromatic rings. The first kappa shape index (κ1) is 13.8. The Morgan fingerprint density at radius 3 is 2.68 bits per heavy atom. The normalized spacial score (nSPS) is 17.7. The zero-order valence-electron chi connectivity index (χ0n) is 13.0. The Balaban J connectivity index is 1.87. The lowest BCUT2D eigenvalue weighted by Gasteiger charge is -2.42. The van der Waals surface area contributed by atoms with Crippen LogP contribution >= 0.6 is 11.8 Å². The van der Waals surface area contributed by atoms with Gasteiger partial charge in [-0.1, -0.05) is 18.2 Å². The second-order valence-corrected chi connectivity index (χ2v) is 6.86. The van der Waals surface area contributed by atoms with Crippen molar-refractivity contribution in [3.63, 3.8) is 0 Å². The Morgan fingerprint density at radius 1 is 1.14 bits per heavy atom. The first-order valence-corrected chi connectivity index (χ1v) is 9.01. The number of rotatable bonds is 3. The van der Waals surface area contributed by atoms with E-state index in [1.807, 2.05) is 0 Å². The molecular formula is C19H20N2S. The summed E-state index contributed by atoms with van der Waals surface area (Å²) in [5.41, 5.74) is 5.08. The summed E-state index contributed by atoms with van der Waals surface area (Å²) in [7, 11) is 0. The van der Waals surface area contributed by atoms with E-state index in [-0.39, 0.29) is 0 Å². The molecule has 1 aliphatic rings. The summed E-state index contributed by atoms with van der Waals surface area (Å²) in [6.45, 7) is 3.47. The van der Waals surface area contributed by atoms with Crippen molar-refractivity contribution in [1.29, 1.82) is 0 Å². The van der Waals surface area contributed by atoms with Crippen LogP contribution in [-0.4, -0.2) is 23.8 Å². The maximum absolute atomic E-state index is 3.59. The van der Waals surface area contributed by atoms with Gasteiger partial charge in [-0.3, -0.25) is 0 Å². The van der Waals surface area contributed by atoms with Gasteiger partial charge in [-0.2, -0.15) is 0 Å². The van der Waals surface area contributed by atoms with E-state index in [2.05, 4.69) is 71.6 Å². The minimum atomic E-state index is 0.642. The summed E-state index contributed by atoms with van der Waals surface area (Å²) in [5.74, 6) is 0. The van der Waals surface area contributed by atoms with Crippen molar-refractivity contribution in [2.75, 3.05) is 17.7 Å². The highest BCUT2D eigenvalue weighted by atomic mass is 32.2. The SMILES string of the molecule is CSc1ccc(N2CCC2C)c(-c2cc3ccccc3[nH]2)c1. The third-order valence-corrected chi connectivity index (χ3v) is 5.38.